The van der Waals surface area contributed by atoms with Crippen molar-refractivity contribution in [2.45, 2.75) is 50.6 Å². The smallest absolute Gasteiger partial charge is 0.288 e. The second-order valence-electron chi connectivity index (χ2n) is 8.19. The molecule has 1 unspecified atom stereocenters. The summed E-state index contributed by atoms with van der Waals surface area (Å²) < 4.78 is 0. The number of amides is 3. The molecule has 1 atom stereocenters. The number of hydrogen-bond donors (Lipinski definition) is 0. The monoisotopic (exact) mass is 489 g/mol. The number of imide groups is 1. The summed E-state index contributed by atoms with van der Waals surface area (Å²) in [5.41, 5.74) is 0.0552. The molecule has 0 radical (unpaired) electrons. The maximum Gasteiger partial charge on any atom is 0.288 e. The maximum absolute atomic E-state index is 13.6. The van der Waals surface area contributed by atoms with Crippen LogP contribution in [0.2, 0.25) is 10.0 Å². The van der Waals surface area contributed by atoms with E-state index in [1.807, 2.05) is 0 Å². The fourth-order valence-corrected chi connectivity index (χ4v) is 4.86. The number of halogens is 2. The van der Waals surface area contributed by atoms with E-state index < -0.39 is 28.7 Å². The number of hydrogen-bond acceptors (Lipinski definition) is 5. The van der Waals surface area contributed by atoms with Crippen LogP contribution in [0.15, 0.2) is 42.5 Å². The molecule has 1 saturated heterocycles. The topological polar surface area (TPSA) is 101 Å². The predicted molar refractivity (Wildman–Crippen MR) is 123 cm³/mol. The fourth-order valence-electron chi connectivity index (χ4n) is 4.55. The minimum atomic E-state index is -0.987. The van der Waals surface area contributed by atoms with Crippen molar-refractivity contribution in [2.75, 3.05) is 4.90 Å². The van der Waals surface area contributed by atoms with Crippen LogP contribution in [0.25, 0.3) is 0 Å². The molecule has 0 bridgehead atoms. The van der Waals surface area contributed by atoms with E-state index in [-0.39, 0.29) is 28.7 Å². The van der Waals surface area contributed by atoms with E-state index in [0.29, 0.717) is 23.6 Å². The Morgan fingerprint density at radius 3 is 2.33 bits per heavy atom. The molecule has 0 N–H and O–H groups in total. The van der Waals surface area contributed by atoms with Crippen LogP contribution in [0.3, 0.4) is 0 Å². The summed E-state index contributed by atoms with van der Waals surface area (Å²) in [6.45, 7) is 0. The second-order valence-corrected chi connectivity index (χ2v) is 9.03. The van der Waals surface area contributed by atoms with Crippen molar-refractivity contribution >= 4 is 52.3 Å². The zero-order valence-corrected chi connectivity index (χ0v) is 19.1. The van der Waals surface area contributed by atoms with E-state index in [9.17, 15) is 24.5 Å². The van der Waals surface area contributed by atoms with Crippen molar-refractivity contribution < 1.29 is 19.3 Å². The van der Waals surface area contributed by atoms with E-state index in [1.54, 1.807) is 24.3 Å². The van der Waals surface area contributed by atoms with Crippen LogP contribution in [0, 0.1) is 10.1 Å². The third-order valence-electron chi connectivity index (χ3n) is 6.14. The lowest BCUT2D eigenvalue weighted by Crippen LogP contribution is -2.51. The van der Waals surface area contributed by atoms with Crippen molar-refractivity contribution in [1.82, 2.24) is 4.90 Å². The van der Waals surface area contributed by atoms with Gasteiger partial charge in [0.25, 0.3) is 17.5 Å². The highest BCUT2D eigenvalue weighted by Gasteiger charge is 2.46. The summed E-state index contributed by atoms with van der Waals surface area (Å²) in [5, 5.41) is 11.7. The number of rotatable bonds is 5. The normalized spacial score (nSPS) is 19.1. The van der Waals surface area contributed by atoms with Gasteiger partial charge in [-0.25, -0.2) is 4.90 Å². The number of nitro benzene ring substituents is 1. The maximum atomic E-state index is 13.6. The third kappa shape index (κ3) is 4.58. The van der Waals surface area contributed by atoms with Gasteiger partial charge in [0.15, 0.2) is 0 Å². The number of carbonyl (C=O) groups is 3. The molecule has 0 aromatic heterocycles. The molecule has 2 aromatic rings. The lowest BCUT2D eigenvalue weighted by Gasteiger charge is -2.37. The van der Waals surface area contributed by atoms with Gasteiger partial charge in [-0.1, -0.05) is 42.5 Å². The average molecular weight is 490 g/mol. The minimum Gasteiger partial charge on any atom is -0.323 e. The summed E-state index contributed by atoms with van der Waals surface area (Å²) >= 11 is 11.8. The molecule has 1 saturated carbocycles. The van der Waals surface area contributed by atoms with Crippen molar-refractivity contribution in [3.8, 4) is 0 Å². The number of benzene rings is 2. The molecule has 3 amide bonds. The molecular weight excluding hydrogens is 469 g/mol. The molecule has 33 heavy (non-hydrogen) atoms. The second kappa shape index (κ2) is 9.49. The molecule has 1 aliphatic heterocycles. The largest absolute Gasteiger partial charge is 0.323 e. The molecule has 2 aliphatic rings. The SMILES string of the molecule is O=C1CC(N(C(=O)c2ccc(Cl)c([N+](=O)[O-])c2)C2CCCCC2)C(=O)N1c1ccc(Cl)cc1. The molecule has 0 spiro atoms. The molecule has 1 aliphatic carbocycles. The number of carbonyl (C=O) groups excluding carboxylic acids is 3. The zero-order chi connectivity index (χ0) is 23.7. The van der Waals surface area contributed by atoms with E-state index in [4.69, 9.17) is 23.2 Å². The van der Waals surface area contributed by atoms with Gasteiger partial charge in [0.05, 0.1) is 17.0 Å². The Morgan fingerprint density at radius 2 is 1.70 bits per heavy atom. The van der Waals surface area contributed by atoms with Gasteiger partial charge in [-0.15, -0.1) is 0 Å². The molecular formula is C23H21Cl2N3O5. The summed E-state index contributed by atoms with van der Waals surface area (Å²) in [6.07, 6.45) is 4.05. The van der Waals surface area contributed by atoms with Crippen molar-refractivity contribution in [3.63, 3.8) is 0 Å². The quantitative estimate of drug-likeness (QED) is 0.333. The van der Waals surface area contributed by atoms with Gasteiger partial charge in [-0.05, 0) is 49.2 Å². The van der Waals surface area contributed by atoms with Crippen molar-refractivity contribution in [1.29, 1.82) is 0 Å². The van der Waals surface area contributed by atoms with Crippen LogP contribution >= 0.6 is 23.2 Å². The summed E-state index contributed by atoms with van der Waals surface area (Å²) in [4.78, 5) is 53.1. The highest BCUT2D eigenvalue weighted by molar-refractivity contribution is 6.33. The van der Waals surface area contributed by atoms with Crippen LogP contribution in [0.4, 0.5) is 11.4 Å². The Labute approximate surface area is 200 Å². The Balaban J connectivity index is 1.70. The third-order valence-corrected chi connectivity index (χ3v) is 6.71. The minimum absolute atomic E-state index is 0.0573. The van der Waals surface area contributed by atoms with E-state index in [2.05, 4.69) is 0 Å². The van der Waals surface area contributed by atoms with Gasteiger partial charge < -0.3 is 4.90 Å². The lowest BCUT2D eigenvalue weighted by molar-refractivity contribution is -0.384. The van der Waals surface area contributed by atoms with Crippen LogP contribution < -0.4 is 4.90 Å². The molecule has 2 fully saturated rings. The highest BCUT2D eigenvalue weighted by atomic mass is 35.5. The first-order valence-electron chi connectivity index (χ1n) is 10.7. The summed E-state index contributed by atoms with van der Waals surface area (Å²) in [5.74, 6) is -1.43. The fraction of sp³-hybridized carbons (Fsp3) is 0.348. The van der Waals surface area contributed by atoms with Gasteiger partial charge >= 0.3 is 0 Å². The van der Waals surface area contributed by atoms with Crippen molar-refractivity contribution in [2.24, 2.45) is 0 Å². The Kier molecular flexibility index (Phi) is 6.67. The van der Waals surface area contributed by atoms with E-state index in [1.165, 1.54) is 17.0 Å². The molecule has 2 aromatic carbocycles. The van der Waals surface area contributed by atoms with E-state index >= 15 is 0 Å². The van der Waals surface area contributed by atoms with Crippen LogP contribution in [0.5, 0.6) is 0 Å². The van der Waals surface area contributed by atoms with Crippen LogP contribution in [-0.2, 0) is 9.59 Å². The van der Waals surface area contributed by atoms with Gasteiger partial charge in [0, 0.05) is 22.7 Å². The molecule has 4 rings (SSSR count). The van der Waals surface area contributed by atoms with E-state index in [0.717, 1.165) is 30.2 Å². The average Bonchev–Trinajstić information content (AvgIpc) is 3.09. The predicted octanol–water partition coefficient (Wildman–Crippen LogP) is 5.01. The molecule has 1 heterocycles. The number of nitrogens with zero attached hydrogens (tertiary/aromatic N) is 3. The number of nitro groups is 1. The Hall–Kier alpha value is -2.97. The lowest BCUT2D eigenvalue weighted by atomic mass is 9.92. The molecule has 172 valence electrons. The first-order chi connectivity index (χ1) is 15.8. The van der Waals surface area contributed by atoms with Crippen LogP contribution in [0.1, 0.15) is 48.9 Å². The standard InChI is InChI=1S/C23H21Cl2N3O5/c24-15-7-9-17(10-8-15)27-21(29)13-20(23(27)31)26(16-4-2-1-3-5-16)22(30)14-6-11-18(25)19(12-14)28(32)33/h6-12,16,20H,1-5,13H2. The summed E-state index contributed by atoms with van der Waals surface area (Å²) in [7, 11) is 0. The van der Waals surface area contributed by atoms with Gasteiger partial charge in [0.1, 0.15) is 11.1 Å². The first-order valence-corrected chi connectivity index (χ1v) is 11.4. The van der Waals surface area contributed by atoms with Gasteiger partial charge in [-0.2, -0.15) is 0 Å². The van der Waals surface area contributed by atoms with Crippen molar-refractivity contribution in [3.05, 3.63) is 68.2 Å². The molecule has 10 heteroatoms. The molecule has 8 nitrogen and oxygen atoms in total. The zero-order valence-electron chi connectivity index (χ0n) is 17.6. The number of anilines is 1. The summed E-state index contributed by atoms with van der Waals surface area (Å²) in [6, 6.07) is 8.93. The van der Waals surface area contributed by atoms with Crippen LogP contribution in [-0.4, -0.2) is 39.6 Å². The highest BCUT2D eigenvalue weighted by Crippen LogP contribution is 2.34. The van der Waals surface area contributed by atoms with Gasteiger partial charge in [-0.3, -0.25) is 24.5 Å². The van der Waals surface area contributed by atoms with Gasteiger partial charge in [0.2, 0.25) is 5.91 Å². The first kappa shape index (κ1) is 23.2. The Morgan fingerprint density at radius 1 is 1.03 bits per heavy atom. The Bertz CT molecular complexity index is 1120.